The number of hydrogen-bond donors (Lipinski definition) is 0. The van der Waals surface area contributed by atoms with E-state index in [2.05, 4.69) is 384 Å². The first-order chi connectivity index (χ1) is 59.1. The topological polar surface area (TPSA) is 9.23 Å². The summed E-state index contributed by atoms with van der Waals surface area (Å²) in [5, 5.41) is 19.7. The number of benzene rings is 20. The largest absolute Gasteiger partial charge is 0.497 e. The molecule has 3 aliphatic carbocycles. The van der Waals surface area contributed by atoms with Crippen molar-refractivity contribution in [2.45, 2.75) is 84.7 Å². The van der Waals surface area contributed by atoms with Gasteiger partial charge in [-0.15, -0.1) is 0 Å². The van der Waals surface area contributed by atoms with E-state index in [4.69, 9.17) is 4.74 Å². The van der Waals surface area contributed by atoms with Gasteiger partial charge in [0.15, 0.2) is 0 Å². The lowest BCUT2D eigenvalue weighted by molar-refractivity contribution is -0.137. The summed E-state index contributed by atoms with van der Waals surface area (Å²) in [7, 11) is 1.72. The van der Waals surface area contributed by atoms with Gasteiger partial charge < -0.3 is 4.74 Å². The second kappa shape index (κ2) is 28.6. The van der Waals surface area contributed by atoms with Crippen molar-refractivity contribution in [2.75, 3.05) is 7.11 Å². The molecule has 0 amide bonds. The molecule has 0 aromatic heterocycles. The Kier molecular flexibility index (Phi) is 17.7. The summed E-state index contributed by atoms with van der Waals surface area (Å²) in [6.07, 6.45) is -4.37. The van der Waals surface area contributed by atoms with E-state index in [1.165, 1.54) is 199 Å². The van der Waals surface area contributed by atoms with E-state index in [1.807, 2.05) is 12.1 Å². The standard InChI is InChI=1S/C44H32.C37H27F3.C37H30O/c1-27-20-22-36-38(24-27)41(30-21-23-40-37(26-30)33-16-10-11-19-39(33)44(40,2)3)34-17-8-9-18-35(34)43(36)42-31-14-6-4-12-28(31)25-29-13-5-7-15-32(29)42;1-22-12-18-29-31(20-22)35(24-15-19-33-30(21-24)26-8-6-7-11-32(26)36(33,2)3)28-10-5-4-9-27(28)34(29)23-13-16-25(17-14-23)37(38,39)40;1-23-13-19-30-32(21-23)36(25-16-20-34-31(22-25)27-9-7-8-12-33(27)37(34,2)3)29-11-6-5-10-28(29)35(30)24-14-17-26(38-4)18-15-24/h4-26H,1-3H3;4-21H,1-3H3;5-22H,1-4H3. The van der Waals surface area contributed by atoms with Crippen LogP contribution in [-0.2, 0) is 22.4 Å². The molecule has 588 valence electrons. The van der Waals surface area contributed by atoms with Crippen molar-refractivity contribution < 1.29 is 17.9 Å². The van der Waals surface area contributed by atoms with Gasteiger partial charge in [0.05, 0.1) is 12.7 Å². The second-order valence-corrected chi connectivity index (χ2v) is 35.3. The maximum atomic E-state index is 13.3. The van der Waals surface area contributed by atoms with Gasteiger partial charge >= 0.3 is 6.18 Å². The van der Waals surface area contributed by atoms with E-state index in [-0.39, 0.29) is 16.2 Å². The molecule has 3 aliphatic rings. The number of methoxy groups -OCH3 is 1. The maximum absolute atomic E-state index is 13.3. The molecular weight excluding hydrogens is 1490 g/mol. The monoisotopic (exact) mass is 1580 g/mol. The van der Waals surface area contributed by atoms with E-state index in [0.29, 0.717) is 0 Å². The Balaban J connectivity index is 0.000000113. The minimum absolute atomic E-state index is 0.00338. The average Bonchev–Trinajstić information content (AvgIpc) is 1.48. The number of alkyl halides is 3. The predicted molar refractivity (Wildman–Crippen MR) is 510 cm³/mol. The molecule has 0 saturated carbocycles. The number of fused-ring (bicyclic) bond motifs is 17. The van der Waals surface area contributed by atoms with Crippen LogP contribution in [-0.4, -0.2) is 7.11 Å². The minimum atomic E-state index is -4.37. The number of aryl methyl sites for hydroxylation is 3. The molecule has 1 nitrogen and oxygen atoms in total. The van der Waals surface area contributed by atoms with E-state index in [1.54, 1.807) is 19.2 Å². The third-order valence-electron chi connectivity index (χ3n) is 27.1. The van der Waals surface area contributed by atoms with Gasteiger partial charge in [-0.3, -0.25) is 0 Å². The normalized spacial score (nSPS) is 13.6. The van der Waals surface area contributed by atoms with Gasteiger partial charge in [-0.1, -0.05) is 368 Å². The molecule has 0 fully saturated rings. The molecular formula is C118H89F3O. The summed E-state index contributed by atoms with van der Waals surface area (Å²) in [4.78, 5) is 0. The molecule has 0 heterocycles. The fraction of sp³-hybridized carbons (Fsp3) is 0.119. The molecule has 23 rings (SSSR count). The van der Waals surface area contributed by atoms with E-state index < -0.39 is 11.7 Å². The second-order valence-electron chi connectivity index (χ2n) is 35.3. The molecule has 4 heteroatoms. The molecule has 0 saturated heterocycles. The fourth-order valence-electron chi connectivity index (χ4n) is 21.2. The molecule has 20 aromatic rings. The van der Waals surface area contributed by atoms with Crippen LogP contribution in [0, 0.1) is 20.8 Å². The predicted octanol–water partition coefficient (Wildman–Crippen LogP) is 33.2. The van der Waals surface area contributed by atoms with Gasteiger partial charge in [-0.2, -0.15) is 13.2 Å². The van der Waals surface area contributed by atoms with Gasteiger partial charge in [0.25, 0.3) is 0 Å². The highest BCUT2D eigenvalue weighted by Gasteiger charge is 2.39. The molecule has 0 spiro atoms. The fourth-order valence-corrected chi connectivity index (χ4v) is 21.2. The first-order valence-electron chi connectivity index (χ1n) is 42.4. The van der Waals surface area contributed by atoms with Crippen molar-refractivity contribution in [1.29, 1.82) is 0 Å². The molecule has 0 bridgehead atoms. The van der Waals surface area contributed by atoms with Crippen molar-refractivity contribution in [2.24, 2.45) is 0 Å². The van der Waals surface area contributed by atoms with Crippen LogP contribution in [0.1, 0.15) is 97.2 Å². The summed E-state index contributed by atoms with van der Waals surface area (Å²) in [6, 6.07) is 128. The molecule has 0 radical (unpaired) electrons. The van der Waals surface area contributed by atoms with Crippen LogP contribution in [0.25, 0.3) is 186 Å². The molecule has 0 aliphatic heterocycles. The Morgan fingerprint density at radius 2 is 0.467 bits per heavy atom. The van der Waals surface area contributed by atoms with Crippen LogP contribution in [0.2, 0.25) is 0 Å². The Hall–Kier alpha value is -13.9. The molecule has 122 heavy (non-hydrogen) atoms. The highest BCUT2D eigenvalue weighted by molar-refractivity contribution is 6.28. The maximum Gasteiger partial charge on any atom is 0.416 e. The summed E-state index contributed by atoms with van der Waals surface area (Å²) in [5.74, 6) is 0.871. The van der Waals surface area contributed by atoms with Crippen LogP contribution in [0.3, 0.4) is 0 Å². The molecule has 0 unspecified atom stereocenters. The zero-order valence-corrected chi connectivity index (χ0v) is 70.1. The van der Waals surface area contributed by atoms with Crippen LogP contribution in [0.15, 0.2) is 358 Å². The number of halogens is 3. The summed E-state index contributed by atoms with van der Waals surface area (Å²) >= 11 is 0. The van der Waals surface area contributed by atoms with E-state index >= 15 is 0 Å². The molecule has 0 atom stereocenters. The van der Waals surface area contributed by atoms with Crippen LogP contribution in [0.4, 0.5) is 13.2 Å². The number of rotatable bonds is 7. The van der Waals surface area contributed by atoms with Crippen molar-refractivity contribution >= 4 is 86.2 Å². The lowest BCUT2D eigenvalue weighted by atomic mass is 9.80. The quantitative estimate of drug-likeness (QED) is 0.145. The highest BCUT2D eigenvalue weighted by atomic mass is 19.4. The highest BCUT2D eigenvalue weighted by Crippen LogP contribution is 2.57. The lowest BCUT2D eigenvalue weighted by Crippen LogP contribution is -2.14. The lowest BCUT2D eigenvalue weighted by Gasteiger charge is -2.22. The van der Waals surface area contributed by atoms with Crippen LogP contribution in [0.5, 0.6) is 5.75 Å². The third kappa shape index (κ3) is 12.0. The van der Waals surface area contributed by atoms with E-state index in [0.717, 1.165) is 55.1 Å². The first-order valence-corrected chi connectivity index (χ1v) is 42.4. The Morgan fingerprint density at radius 3 is 0.803 bits per heavy atom. The summed E-state index contributed by atoms with van der Waals surface area (Å²) in [6.45, 7) is 20.4. The first kappa shape index (κ1) is 75.5. The zero-order valence-electron chi connectivity index (χ0n) is 70.1. The minimum Gasteiger partial charge on any atom is -0.497 e. The number of hydrogen-bond acceptors (Lipinski definition) is 1. The Bertz CT molecular complexity index is 7710. The van der Waals surface area contributed by atoms with Crippen LogP contribution >= 0.6 is 0 Å². The number of ether oxygens (including phenoxy) is 1. The summed E-state index contributed by atoms with van der Waals surface area (Å²) < 4.78 is 45.5. The SMILES string of the molecule is COc1ccc(-c2c3ccccc3c(-c3ccc4c(c3)-c3ccccc3C4(C)C)c3cc(C)ccc23)cc1.Cc1ccc2c(-c3c4ccccc4cc4ccccc34)c3ccccc3c(-c3ccc4c(c3)-c3ccccc3C4(C)C)c2c1.Cc1ccc2c(-c3ccc(C(F)(F)F)cc3)c3ccccc3c(-c3ccc4c(c3)-c3ccccc3C4(C)C)c2c1. The van der Waals surface area contributed by atoms with Gasteiger partial charge in [-0.05, 0) is 289 Å². The smallest absolute Gasteiger partial charge is 0.416 e. The average molecular weight is 1580 g/mol. The van der Waals surface area contributed by atoms with E-state index in [9.17, 15) is 13.2 Å². The van der Waals surface area contributed by atoms with Gasteiger partial charge in [0.1, 0.15) is 5.75 Å². The van der Waals surface area contributed by atoms with Crippen molar-refractivity contribution in [1.82, 2.24) is 0 Å². The zero-order chi connectivity index (χ0) is 83.4. The molecule has 0 N–H and O–H groups in total. The van der Waals surface area contributed by atoms with Crippen molar-refractivity contribution in [3.8, 4) is 106 Å². The molecule has 20 aromatic carbocycles. The van der Waals surface area contributed by atoms with Crippen LogP contribution < -0.4 is 4.74 Å². The van der Waals surface area contributed by atoms with Crippen molar-refractivity contribution in [3.63, 3.8) is 0 Å². The summed E-state index contributed by atoms with van der Waals surface area (Å²) in [5.41, 5.74) is 33.5. The Labute approximate surface area is 710 Å². The van der Waals surface area contributed by atoms with Gasteiger partial charge in [0, 0.05) is 16.2 Å². The van der Waals surface area contributed by atoms with Crippen molar-refractivity contribution in [3.05, 3.63) is 414 Å². The third-order valence-corrected chi connectivity index (χ3v) is 27.1. The van der Waals surface area contributed by atoms with Gasteiger partial charge in [0.2, 0.25) is 0 Å². The van der Waals surface area contributed by atoms with Gasteiger partial charge in [-0.25, -0.2) is 0 Å². The Morgan fingerprint density at radius 1 is 0.213 bits per heavy atom.